The van der Waals surface area contributed by atoms with Crippen molar-refractivity contribution in [3.63, 3.8) is 0 Å². The van der Waals surface area contributed by atoms with E-state index in [2.05, 4.69) is 11.4 Å². The van der Waals surface area contributed by atoms with E-state index in [9.17, 15) is 0 Å². The third-order valence-electron chi connectivity index (χ3n) is 5.35. The van der Waals surface area contributed by atoms with Crippen molar-refractivity contribution in [2.24, 2.45) is 0 Å². The molecule has 2 aliphatic rings. The Kier molecular flexibility index (Phi) is 4.61. The van der Waals surface area contributed by atoms with E-state index in [1.54, 1.807) is 21.3 Å². The fraction of sp³-hybridized carbons (Fsp3) is 0.500. The summed E-state index contributed by atoms with van der Waals surface area (Å²) in [4.78, 5) is 1.50. The molecule has 1 aliphatic carbocycles. The summed E-state index contributed by atoms with van der Waals surface area (Å²) in [6.07, 6.45) is 5.17. The Bertz CT molecular complexity index is 729. The van der Waals surface area contributed by atoms with Crippen LogP contribution in [0.15, 0.2) is 23.6 Å². The Labute approximate surface area is 152 Å². The average Bonchev–Trinajstić information content (AvgIpc) is 3.16. The zero-order chi connectivity index (χ0) is 17.4. The van der Waals surface area contributed by atoms with Gasteiger partial charge in [0.2, 0.25) is 5.75 Å². The molecule has 5 heteroatoms. The highest BCUT2D eigenvalue weighted by atomic mass is 32.1. The van der Waals surface area contributed by atoms with Crippen molar-refractivity contribution in [1.82, 2.24) is 0 Å². The van der Waals surface area contributed by atoms with Gasteiger partial charge in [-0.1, -0.05) is 12.8 Å². The topological polar surface area (TPSA) is 36.9 Å². The average molecular weight is 360 g/mol. The molecule has 0 spiro atoms. The number of methoxy groups -OCH3 is 3. The summed E-state index contributed by atoms with van der Waals surface area (Å²) < 4.78 is 23.1. The van der Waals surface area contributed by atoms with E-state index in [-0.39, 0.29) is 6.10 Å². The van der Waals surface area contributed by atoms with Gasteiger partial charge in [0.1, 0.15) is 6.10 Å². The summed E-state index contributed by atoms with van der Waals surface area (Å²) in [6, 6.07) is 6.23. The molecule has 0 N–H and O–H groups in total. The van der Waals surface area contributed by atoms with Crippen LogP contribution in [0.25, 0.3) is 0 Å². The molecule has 3 atom stereocenters. The van der Waals surface area contributed by atoms with Crippen LogP contribution in [0.2, 0.25) is 0 Å². The first kappa shape index (κ1) is 16.7. The van der Waals surface area contributed by atoms with Gasteiger partial charge in [0, 0.05) is 10.8 Å². The molecule has 1 aromatic heterocycles. The maximum Gasteiger partial charge on any atom is 0.203 e. The van der Waals surface area contributed by atoms with Crippen LogP contribution in [0, 0.1) is 0 Å². The molecule has 0 amide bonds. The minimum Gasteiger partial charge on any atom is -0.493 e. The molecular formula is C20H24O4S. The van der Waals surface area contributed by atoms with Crippen LogP contribution in [0.5, 0.6) is 17.2 Å². The van der Waals surface area contributed by atoms with Gasteiger partial charge in [0.15, 0.2) is 11.5 Å². The molecule has 4 nitrogen and oxygen atoms in total. The number of thiophene rings is 1. The van der Waals surface area contributed by atoms with Crippen molar-refractivity contribution >= 4 is 11.3 Å². The van der Waals surface area contributed by atoms with Crippen LogP contribution >= 0.6 is 11.3 Å². The second-order valence-electron chi connectivity index (χ2n) is 6.64. The van der Waals surface area contributed by atoms with Gasteiger partial charge in [-0.25, -0.2) is 0 Å². The maximum absolute atomic E-state index is 6.59. The van der Waals surface area contributed by atoms with E-state index in [1.165, 1.54) is 29.7 Å². The van der Waals surface area contributed by atoms with Crippen LogP contribution in [0.3, 0.4) is 0 Å². The molecule has 4 rings (SSSR count). The molecule has 2 aromatic rings. The van der Waals surface area contributed by atoms with Crippen LogP contribution < -0.4 is 14.2 Å². The lowest BCUT2D eigenvalue weighted by molar-refractivity contribution is -0.0375. The summed E-state index contributed by atoms with van der Waals surface area (Å²) in [7, 11) is 4.92. The van der Waals surface area contributed by atoms with E-state index in [4.69, 9.17) is 18.9 Å². The van der Waals surface area contributed by atoms with Gasteiger partial charge >= 0.3 is 0 Å². The van der Waals surface area contributed by atoms with Crippen molar-refractivity contribution in [3.8, 4) is 17.2 Å². The largest absolute Gasteiger partial charge is 0.493 e. The highest BCUT2D eigenvalue weighted by molar-refractivity contribution is 7.10. The smallest absolute Gasteiger partial charge is 0.203 e. The second-order valence-corrected chi connectivity index (χ2v) is 7.59. The van der Waals surface area contributed by atoms with Gasteiger partial charge in [0.25, 0.3) is 0 Å². The highest BCUT2D eigenvalue weighted by Crippen LogP contribution is 2.50. The predicted octanol–water partition coefficient (Wildman–Crippen LogP) is 4.92. The number of rotatable bonds is 4. The van der Waals surface area contributed by atoms with Crippen molar-refractivity contribution in [1.29, 1.82) is 0 Å². The lowest BCUT2D eigenvalue weighted by atomic mass is 9.80. The number of ether oxygens (including phenoxy) is 4. The van der Waals surface area contributed by atoms with Crippen molar-refractivity contribution < 1.29 is 18.9 Å². The Morgan fingerprint density at radius 1 is 1.00 bits per heavy atom. The quantitative estimate of drug-likeness (QED) is 0.775. The Morgan fingerprint density at radius 2 is 1.72 bits per heavy atom. The highest BCUT2D eigenvalue weighted by Gasteiger charge is 2.39. The summed E-state index contributed by atoms with van der Waals surface area (Å²) >= 11 is 1.87. The Hall–Kier alpha value is -1.72. The summed E-state index contributed by atoms with van der Waals surface area (Å²) in [5.41, 5.74) is 2.35. The molecule has 0 radical (unpaired) electrons. The standard InChI is InChI=1S/C20H24O4S/c1-21-16-10-12(11-17(22-2)19(16)23-3)18-14-8-9-25-20(14)13-6-4-5-7-15(13)24-18/h8-11,13,15,18H,4-7H2,1-3H3/t13-,15+,18-/m0/s1. The molecule has 1 aromatic carbocycles. The molecule has 0 saturated heterocycles. The Balaban J connectivity index is 1.79. The first-order valence-corrected chi connectivity index (χ1v) is 9.67. The molecule has 0 unspecified atom stereocenters. The molecule has 134 valence electrons. The minimum absolute atomic E-state index is 0.0747. The van der Waals surface area contributed by atoms with Crippen LogP contribution in [-0.2, 0) is 4.74 Å². The van der Waals surface area contributed by atoms with Crippen molar-refractivity contribution in [2.45, 2.75) is 43.8 Å². The molecule has 1 saturated carbocycles. The van der Waals surface area contributed by atoms with E-state index < -0.39 is 0 Å². The number of fused-ring (bicyclic) bond motifs is 3. The van der Waals surface area contributed by atoms with Gasteiger partial charge in [-0.2, -0.15) is 0 Å². The van der Waals surface area contributed by atoms with E-state index in [0.29, 0.717) is 29.3 Å². The minimum atomic E-state index is -0.0747. The zero-order valence-corrected chi connectivity index (χ0v) is 15.7. The van der Waals surface area contributed by atoms with E-state index in [0.717, 1.165) is 12.0 Å². The maximum atomic E-state index is 6.59. The number of benzene rings is 1. The molecular weight excluding hydrogens is 336 g/mol. The summed E-state index contributed by atoms with van der Waals surface area (Å²) in [5, 5.41) is 2.19. The normalized spacial score (nSPS) is 25.0. The van der Waals surface area contributed by atoms with Gasteiger partial charge in [0.05, 0.1) is 27.4 Å². The molecule has 0 bridgehead atoms. The van der Waals surface area contributed by atoms with Crippen molar-refractivity contribution in [2.75, 3.05) is 21.3 Å². The third-order valence-corrected chi connectivity index (χ3v) is 6.41. The Morgan fingerprint density at radius 3 is 2.40 bits per heavy atom. The molecule has 25 heavy (non-hydrogen) atoms. The van der Waals surface area contributed by atoms with Crippen LogP contribution in [0.1, 0.15) is 53.7 Å². The third kappa shape index (κ3) is 2.79. The summed E-state index contributed by atoms with van der Waals surface area (Å²) in [5.74, 6) is 2.51. The van der Waals surface area contributed by atoms with Gasteiger partial charge in [-0.05, 0) is 47.5 Å². The van der Waals surface area contributed by atoms with Crippen LogP contribution in [-0.4, -0.2) is 27.4 Å². The van der Waals surface area contributed by atoms with Crippen molar-refractivity contribution in [3.05, 3.63) is 39.6 Å². The van der Waals surface area contributed by atoms with Gasteiger partial charge < -0.3 is 18.9 Å². The summed E-state index contributed by atoms with van der Waals surface area (Å²) in [6.45, 7) is 0. The number of hydrogen-bond acceptors (Lipinski definition) is 5. The monoisotopic (exact) mass is 360 g/mol. The molecule has 2 heterocycles. The number of hydrogen-bond donors (Lipinski definition) is 0. The first-order chi connectivity index (χ1) is 12.3. The van der Waals surface area contributed by atoms with E-state index >= 15 is 0 Å². The predicted molar refractivity (Wildman–Crippen MR) is 98.3 cm³/mol. The fourth-order valence-electron chi connectivity index (χ4n) is 4.17. The van der Waals surface area contributed by atoms with Gasteiger partial charge in [-0.15, -0.1) is 11.3 Å². The van der Waals surface area contributed by atoms with Gasteiger partial charge in [-0.3, -0.25) is 0 Å². The van der Waals surface area contributed by atoms with Crippen LogP contribution in [0.4, 0.5) is 0 Å². The fourth-order valence-corrected chi connectivity index (χ4v) is 5.28. The lowest BCUT2D eigenvalue weighted by Crippen LogP contribution is -2.32. The molecule has 1 fully saturated rings. The SMILES string of the molecule is COc1cc([C@@H]2O[C@@H]3CCCC[C@@H]3c3sccc32)cc(OC)c1OC. The molecule has 1 aliphatic heterocycles. The first-order valence-electron chi connectivity index (χ1n) is 8.79. The van der Waals surface area contributed by atoms with E-state index in [1.807, 2.05) is 23.5 Å². The second kappa shape index (κ2) is 6.89. The lowest BCUT2D eigenvalue weighted by Gasteiger charge is -2.39. The zero-order valence-electron chi connectivity index (χ0n) is 14.9.